The summed E-state index contributed by atoms with van der Waals surface area (Å²) in [5.41, 5.74) is 25.1. The molecule has 3 aromatic heterocycles. The van der Waals surface area contributed by atoms with Gasteiger partial charge in [-0.3, -0.25) is 0 Å². The van der Waals surface area contributed by atoms with Crippen LogP contribution in [-0.2, 0) is 29.7 Å². The van der Waals surface area contributed by atoms with E-state index < -0.39 is 0 Å². The highest BCUT2D eigenvalue weighted by atomic mass is 32.1. The number of hydrogen-bond donors (Lipinski definition) is 0. The van der Waals surface area contributed by atoms with Gasteiger partial charge in [-0.2, -0.15) is 0 Å². The summed E-state index contributed by atoms with van der Waals surface area (Å²) in [4.78, 5) is 8.25. The molecule has 6 heteroatoms. The molecule has 0 atom stereocenters. The van der Waals surface area contributed by atoms with E-state index in [2.05, 4.69) is 209 Å². The van der Waals surface area contributed by atoms with Crippen LogP contribution in [0.3, 0.4) is 0 Å². The number of rotatable bonds is 2. The maximum absolute atomic E-state index is 5.52. The number of anilines is 2. The lowest BCUT2D eigenvalue weighted by molar-refractivity contribution is 0.332. The molecule has 5 heterocycles. The first-order chi connectivity index (χ1) is 33.2. The van der Waals surface area contributed by atoms with Gasteiger partial charge < -0.3 is 13.9 Å². The molecule has 0 N–H and O–H groups in total. The van der Waals surface area contributed by atoms with Gasteiger partial charge in [-0.15, -0.1) is 11.3 Å². The molecular weight excluding hydrogens is 856 g/mol. The number of thiophene rings is 1. The van der Waals surface area contributed by atoms with Gasteiger partial charge in [0, 0.05) is 66.2 Å². The first kappa shape index (κ1) is 40.0. The average Bonchev–Trinajstić information content (AvgIpc) is 4.10. The van der Waals surface area contributed by atoms with Crippen LogP contribution in [0, 0.1) is 0 Å². The average molecular weight is 909 g/mol. The topological polar surface area (TPSA) is 26.0 Å². The zero-order valence-electron chi connectivity index (χ0n) is 40.7. The predicted molar refractivity (Wildman–Crippen MR) is 295 cm³/mol. The lowest BCUT2D eigenvalue weighted by Crippen LogP contribution is -2.60. The zero-order chi connectivity index (χ0) is 46.6. The van der Waals surface area contributed by atoms with Gasteiger partial charge in [0.1, 0.15) is 5.82 Å². The number of aryl methyl sites for hydroxylation is 1. The van der Waals surface area contributed by atoms with E-state index in [0.29, 0.717) is 0 Å². The van der Waals surface area contributed by atoms with Gasteiger partial charge in [0.15, 0.2) is 0 Å². The Morgan fingerprint density at radius 2 is 1.36 bits per heavy atom. The monoisotopic (exact) mass is 908 g/mol. The summed E-state index contributed by atoms with van der Waals surface area (Å²) < 4.78 is 7.77. The molecular formula is C63H53BN4S. The first-order valence-electron chi connectivity index (χ1n) is 25.0. The van der Waals surface area contributed by atoms with Crippen LogP contribution in [0.25, 0.3) is 92.3 Å². The molecule has 0 bridgehead atoms. The summed E-state index contributed by atoms with van der Waals surface area (Å²) in [5.74, 6) is 0.984. The third kappa shape index (κ3) is 5.23. The number of aromatic nitrogens is 3. The largest absolute Gasteiger partial charge is 0.376 e. The van der Waals surface area contributed by atoms with E-state index in [1.165, 1.54) is 133 Å². The molecule has 11 aromatic rings. The van der Waals surface area contributed by atoms with Crippen molar-refractivity contribution < 1.29 is 0 Å². The molecule has 0 radical (unpaired) electrons. The molecule has 8 aromatic carbocycles. The number of hydrogen-bond acceptors (Lipinski definition) is 3. The highest BCUT2D eigenvalue weighted by molar-refractivity contribution is 7.27. The van der Waals surface area contributed by atoms with Crippen LogP contribution in [0.4, 0.5) is 11.4 Å². The molecule has 69 heavy (non-hydrogen) atoms. The highest BCUT2D eigenvalue weighted by Gasteiger charge is 2.47. The minimum atomic E-state index is -0.138. The van der Waals surface area contributed by atoms with Crippen molar-refractivity contribution in [3.8, 4) is 39.3 Å². The normalized spacial score (nSPS) is 16.1. The quantitative estimate of drug-likeness (QED) is 0.162. The molecule has 2 aliphatic carbocycles. The molecule has 0 amide bonds. The second-order valence-electron chi connectivity index (χ2n) is 23.0. The molecule has 0 unspecified atom stereocenters. The Labute approximate surface area is 408 Å². The van der Waals surface area contributed by atoms with E-state index in [-0.39, 0.29) is 23.1 Å². The van der Waals surface area contributed by atoms with Crippen molar-refractivity contribution in [1.82, 2.24) is 14.1 Å². The predicted octanol–water partition coefficient (Wildman–Crippen LogP) is 15.2. The lowest BCUT2D eigenvalue weighted by Gasteiger charge is -2.43. The van der Waals surface area contributed by atoms with E-state index in [1.54, 1.807) is 0 Å². The first-order valence-corrected chi connectivity index (χ1v) is 25.8. The van der Waals surface area contributed by atoms with Crippen LogP contribution in [0.1, 0.15) is 89.1 Å². The van der Waals surface area contributed by atoms with E-state index in [9.17, 15) is 0 Å². The SMILES string of the molecule is Cn1c(-c2ccccc2)nc2cc3c(cc21)-n1c2cc4c(cc2c2c5sc6ccccc6c5c5c(c21)B3N(c1ccc(C(C)(C)C)cc1)c1cc2c(cc1-5)-c1ccccc1C2)C(C)(C)CCC4(C)C. The van der Waals surface area contributed by atoms with Gasteiger partial charge in [-0.1, -0.05) is 133 Å². The van der Waals surface area contributed by atoms with E-state index in [0.717, 1.165) is 28.8 Å². The number of benzene rings is 8. The second-order valence-corrected chi connectivity index (χ2v) is 24.1. The summed E-state index contributed by atoms with van der Waals surface area (Å²) in [6.07, 6.45) is 3.27. The van der Waals surface area contributed by atoms with Crippen molar-refractivity contribution in [1.29, 1.82) is 0 Å². The Bertz CT molecular complexity index is 4100. The summed E-state index contributed by atoms with van der Waals surface area (Å²) in [7, 11) is 2.20. The van der Waals surface area contributed by atoms with Crippen LogP contribution >= 0.6 is 11.3 Å². The Balaban J connectivity index is 1.17. The maximum Gasteiger partial charge on any atom is 0.333 e. The minimum Gasteiger partial charge on any atom is -0.376 e. The molecule has 4 nitrogen and oxygen atoms in total. The third-order valence-electron chi connectivity index (χ3n) is 17.1. The van der Waals surface area contributed by atoms with E-state index in [4.69, 9.17) is 4.98 Å². The Hall–Kier alpha value is -6.89. The number of imidazole rings is 1. The van der Waals surface area contributed by atoms with Crippen molar-refractivity contribution in [2.45, 2.75) is 84.0 Å². The van der Waals surface area contributed by atoms with Gasteiger partial charge in [0.2, 0.25) is 0 Å². The minimum absolute atomic E-state index is 0.0248. The molecule has 0 fully saturated rings. The van der Waals surface area contributed by atoms with Gasteiger partial charge in [0.25, 0.3) is 0 Å². The molecule has 2 aliphatic heterocycles. The van der Waals surface area contributed by atoms with Crippen LogP contribution in [0.2, 0.25) is 0 Å². The molecule has 0 saturated carbocycles. The number of nitrogens with zero attached hydrogens (tertiary/aromatic N) is 4. The fourth-order valence-corrected chi connectivity index (χ4v) is 14.7. The third-order valence-corrected chi connectivity index (χ3v) is 18.3. The standard InChI is InChI=1S/C63H53BN4S/c1-61(2,3)38-22-24-39(25-23-38)68-50-29-37-28-36-18-12-13-19-40(36)42(37)30-43(50)54-55-41-20-14-15-21-53(41)69-59(55)56-44-31-45-46(63(6,7)27-26-62(45,4)5)32-49(44)67-51-34-52-48(33-47(51)64(68)57(54)58(56)67)65-60(66(52)8)35-16-10-9-11-17-35/h9-25,29-34H,26-28H2,1-8H3. The fourth-order valence-electron chi connectivity index (χ4n) is 13.4. The smallest absolute Gasteiger partial charge is 0.333 e. The highest BCUT2D eigenvalue weighted by Crippen LogP contribution is 2.56. The zero-order valence-corrected chi connectivity index (χ0v) is 41.5. The van der Waals surface area contributed by atoms with E-state index in [1.807, 2.05) is 11.3 Å². The van der Waals surface area contributed by atoms with Crippen LogP contribution in [0.15, 0.2) is 140 Å². The summed E-state index contributed by atoms with van der Waals surface area (Å²) >= 11 is 1.99. The fraction of sp³-hybridized carbons (Fsp3) is 0.222. The summed E-state index contributed by atoms with van der Waals surface area (Å²) in [6.45, 7) is 16.7. The van der Waals surface area contributed by atoms with Gasteiger partial charge in [-0.05, 0) is 146 Å². The maximum atomic E-state index is 5.52. The molecule has 0 spiro atoms. The second kappa shape index (κ2) is 13.2. The Morgan fingerprint density at radius 1 is 0.638 bits per heavy atom. The molecule has 15 rings (SSSR count). The molecule has 4 aliphatic rings. The van der Waals surface area contributed by atoms with Crippen molar-refractivity contribution in [2.24, 2.45) is 7.05 Å². The van der Waals surface area contributed by atoms with Crippen LogP contribution in [-0.4, -0.2) is 21.0 Å². The molecule has 334 valence electrons. The van der Waals surface area contributed by atoms with Crippen LogP contribution in [0.5, 0.6) is 0 Å². The Morgan fingerprint density at radius 3 is 2.14 bits per heavy atom. The Kier molecular flexibility index (Phi) is 7.69. The van der Waals surface area contributed by atoms with Crippen molar-refractivity contribution >= 4 is 93.5 Å². The van der Waals surface area contributed by atoms with Crippen molar-refractivity contribution in [3.63, 3.8) is 0 Å². The molecule has 0 saturated heterocycles. The van der Waals surface area contributed by atoms with E-state index >= 15 is 0 Å². The van der Waals surface area contributed by atoms with Gasteiger partial charge in [0.05, 0.1) is 22.1 Å². The van der Waals surface area contributed by atoms with Gasteiger partial charge in [-0.25, -0.2) is 4.98 Å². The summed E-state index contributed by atoms with van der Waals surface area (Å²) in [6, 6.07) is 54.0. The van der Waals surface area contributed by atoms with Crippen LogP contribution < -0.4 is 15.7 Å². The number of fused-ring (bicyclic) bond motifs is 18. The van der Waals surface area contributed by atoms with Crippen molar-refractivity contribution in [3.05, 3.63) is 167 Å². The summed E-state index contributed by atoms with van der Waals surface area (Å²) in [5, 5.41) is 5.50. The lowest BCUT2D eigenvalue weighted by atomic mass is 9.43. The van der Waals surface area contributed by atoms with Gasteiger partial charge >= 0.3 is 6.85 Å². The van der Waals surface area contributed by atoms with Crippen molar-refractivity contribution in [2.75, 3.05) is 4.81 Å².